The lowest BCUT2D eigenvalue weighted by Crippen LogP contribution is -2.54. The average Bonchev–Trinajstić information content (AvgIpc) is 3.38. The van der Waals surface area contributed by atoms with Gasteiger partial charge in [0, 0.05) is 59.6 Å². The molecule has 23 heteroatoms. The number of anilines is 2. The van der Waals surface area contributed by atoms with Gasteiger partial charge in [0.05, 0.1) is 48.1 Å². The van der Waals surface area contributed by atoms with Crippen molar-refractivity contribution in [1.29, 1.82) is 5.26 Å². The predicted molar refractivity (Wildman–Crippen MR) is 268 cm³/mol. The molecule has 77 heavy (non-hydrogen) atoms. The number of carbonyl (C=O) groups is 3. The van der Waals surface area contributed by atoms with Gasteiger partial charge in [-0.05, 0) is 128 Å². The molecule has 4 aromatic heterocycles. The highest BCUT2D eigenvalue weighted by molar-refractivity contribution is 5.97. The molecule has 2 N–H and O–H groups in total. The Morgan fingerprint density at radius 2 is 1.05 bits per heavy atom. The smallest absolute Gasteiger partial charge is 0.416 e. The van der Waals surface area contributed by atoms with E-state index in [1.807, 2.05) is 6.07 Å². The fourth-order valence-electron chi connectivity index (χ4n) is 8.99. The van der Waals surface area contributed by atoms with Gasteiger partial charge in [0.25, 0.3) is 5.91 Å². The standard InChI is InChI=1S/C27H28F3N5O4.C27H26F3N5O3/c1-26(2,3)39-25(37)35(14-27(12-15(28)13-27)23-18(29)6-5-9-32-23)22-8-7-20(33-34-22)16-10-17(24(31)36)21(38-4)11-19(16)30;1-26(2,3)38-25(36)35(15-27(12-17(28)13-27)24-19(29)6-5-9-32-24)23-8-7-21(33-34-23)18-10-16(14-31)22(37-4)11-20(18)30/h5-11,15H,12-14H2,1-4H3,(H2,31,36);5-11,17H,12-13,15H2,1-4H3/t15-,27+;17-,27+. The highest BCUT2D eigenvalue weighted by atomic mass is 19.2. The quantitative estimate of drug-likeness (QED) is 0.106. The Balaban J connectivity index is 0.000000224. The normalized spacial score (nSPS) is 18.7. The van der Waals surface area contributed by atoms with E-state index in [-0.39, 0.29) is 107 Å². The summed E-state index contributed by atoms with van der Waals surface area (Å²) in [4.78, 5) is 48.9. The minimum atomic E-state index is -1.20. The number of nitrogens with two attached hydrogens (primary N) is 1. The molecule has 2 aliphatic carbocycles. The number of nitrogens with zero attached hydrogens (tertiary/aromatic N) is 9. The van der Waals surface area contributed by atoms with Crippen LogP contribution in [-0.4, -0.2) is 99.3 Å². The Labute approximate surface area is 439 Å². The first-order valence-corrected chi connectivity index (χ1v) is 23.9. The zero-order valence-electron chi connectivity index (χ0n) is 43.2. The highest BCUT2D eigenvalue weighted by Crippen LogP contribution is 2.48. The maximum absolute atomic E-state index is 14.8. The molecule has 6 aromatic rings. The van der Waals surface area contributed by atoms with Crippen molar-refractivity contribution in [2.24, 2.45) is 5.73 Å². The van der Waals surface area contributed by atoms with E-state index in [0.717, 1.165) is 21.9 Å². The third-order valence-electron chi connectivity index (χ3n) is 12.5. The molecule has 3 amide bonds. The van der Waals surface area contributed by atoms with Crippen molar-refractivity contribution < 1.29 is 59.7 Å². The zero-order chi connectivity index (χ0) is 56.2. The molecule has 2 aliphatic rings. The molecule has 0 aliphatic heterocycles. The summed E-state index contributed by atoms with van der Waals surface area (Å²) in [5.41, 5.74) is 1.64. The van der Waals surface area contributed by atoms with E-state index in [2.05, 4.69) is 30.4 Å². The lowest BCUT2D eigenvalue weighted by atomic mass is 9.64. The summed E-state index contributed by atoms with van der Waals surface area (Å²) in [5, 5.41) is 25.7. The van der Waals surface area contributed by atoms with Crippen LogP contribution in [0.3, 0.4) is 0 Å². The van der Waals surface area contributed by atoms with Gasteiger partial charge in [0.2, 0.25) is 0 Å². The number of aromatic nitrogens is 6. The number of amides is 3. The molecule has 0 spiro atoms. The highest BCUT2D eigenvalue weighted by Gasteiger charge is 2.52. The maximum atomic E-state index is 14.8. The second-order valence-electron chi connectivity index (χ2n) is 20.5. The van der Waals surface area contributed by atoms with Gasteiger partial charge in [0.1, 0.15) is 64.4 Å². The number of hydrogen-bond donors (Lipinski definition) is 1. The lowest BCUT2D eigenvalue weighted by molar-refractivity contribution is 0.0501. The second-order valence-corrected chi connectivity index (χ2v) is 20.5. The summed E-state index contributed by atoms with van der Waals surface area (Å²) < 4.78 is 109. The van der Waals surface area contributed by atoms with Crippen LogP contribution >= 0.6 is 0 Å². The van der Waals surface area contributed by atoms with Crippen molar-refractivity contribution in [1.82, 2.24) is 30.4 Å². The van der Waals surface area contributed by atoms with E-state index in [0.29, 0.717) is 0 Å². The molecule has 0 atom stereocenters. The summed E-state index contributed by atoms with van der Waals surface area (Å²) in [6, 6.07) is 17.5. The van der Waals surface area contributed by atoms with Gasteiger partial charge in [-0.25, -0.2) is 35.9 Å². The second kappa shape index (κ2) is 22.4. The number of hydrogen-bond acceptors (Lipinski definition) is 14. The van der Waals surface area contributed by atoms with Crippen molar-refractivity contribution in [2.75, 3.05) is 37.1 Å². The molecule has 8 rings (SSSR count). The van der Waals surface area contributed by atoms with Crippen molar-refractivity contribution in [3.63, 3.8) is 0 Å². The Bertz CT molecular complexity index is 3190. The largest absolute Gasteiger partial charge is 0.496 e. The number of alkyl halides is 2. The molecule has 0 saturated heterocycles. The first kappa shape index (κ1) is 56.3. The summed E-state index contributed by atoms with van der Waals surface area (Å²) in [5.74, 6) is -3.38. The van der Waals surface area contributed by atoms with E-state index in [4.69, 9.17) is 24.7 Å². The first-order chi connectivity index (χ1) is 36.3. The molecule has 404 valence electrons. The van der Waals surface area contributed by atoms with Gasteiger partial charge in [-0.3, -0.25) is 24.6 Å². The fraction of sp³-hybridized carbons (Fsp3) is 0.370. The number of pyridine rings is 2. The van der Waals surface area contributed by atoms with Crippen LogP contribution in [0.2, 0.25) is 0 Å². The first-order valence-electron chi connectivity index (χ1n) is 23.9. The molecule has 2 aromatic carbocycles. The average molecular weight is 1070 g/mol. The molecule has 2 fully saturated rings. The van der Waals surface area contributed by atoms with Crippen LogP contribution in [0.5, 0.6) is 11.5 Å². The van der Waals surface area contributed by atoms with Crippen LogP contribution in [-0.2, 0) is 20.3 Å². The van der Waals surface area contributed by atoms with E-state index in [1.165, 1.54) is 87.3 Å². The third kappa shape index (κ3) is 12.6. The monoisotopic (exact) mass is 1070 g/mol. The topological polar surface area (TPSA) is 222 Å². The molecule has 17 nitrogen and oxygen atoms in total. The molecule has 0 bridgehead atoms. The van der Waals surface area contributed by atoms with Gasteiger partial charge in [-0.15, -0.1) is 20.4 Å². The summed E-state index contributed by atoms with van der Waals surface area (Å²) in [6.45, 7) is 9.73. The van der Waals surface area contributed by atoms with Crippen molar-refractivity contribution in [2.45, 2.75) is 102 Å². The Morgan fingerprint density at radius 3 is 1.39 bits per heavy atom. The summed E-state index contributed by atoms with van der Waals surface area (Å²) in [6.07, 6.45) is -1.36. The van der Waals surface area contributed by atoms with Crippen molar-refractivity contribution in [3.8, 4) is 40.1 Å². The van der Waals surface area contributed by atoms with Crippen LogP contribution in [0.1, 0.15) is 94.5 Å². The molecule has 4 heterocycles. The van der Waals surface area contributed by atoms with E-state index in [1.54, 1.807) is 41.5 Å². The van der Waals surface area contributed by atoms with Gasteiger partial charge in [0.15, 0.2) is 11.6 Å². The molecule has 0 unspecified atom stereocenters. The van der Waals surface area contributed by atoms with Gasteiger partial charge < -0.3 is 24.7 Å². The number of methoxy groups -OCH3 is 2. The number of halogens is 6. The SMILES string of the molecule is COc1cc(F)c(-c2ccc(N(C[C@]3(c4ncccc4F)C[C@@H](F)C3)C(=O)OC(C)(C)C)nn2)cc1C#N.COc1cc(F)c(-c2ccc(N(C[C@]3(c4ncccc4F)C[C@@H](F)C3)C(=O)OC(C)(C)C)nn2)cc1C(N)=O. The van der Waals surface area contributed by atoms with E-state index in [9.17, 15) is 46.0 Å². The minimum absolute atomic E-state index is 0.00932. The van der Waals surface area contributed by atoms with Crippen molar-refractivity contribution in [3.05, 3.63) is 131 Å². The van der Waals surface area contributed by atoms with Gasteiger partial charge in [-0.2, -0.15) is 5.26 Å². The zero-order valence-corrected chi connectivity index (χ0v) is 43.2. The van der Waals surface area contributed by atoms with E-state index >= 15 is 0 Å². The number of carbonyl (C=O) groups excluding carboxylic acids is 3. The summed E-state index contributed by atoms with van der Waals surface area (Å²) >= 11 is 0. The molecular weight excluding hydrogens is 1010 g/mol. The Morgan fingerprint density at radius 1 is 0.636 bits per heavy atom. The van der Waals surface area contributed by atoms with E-state index < -0.39 is 75.7 Å². The molecular formula is C54H54F6N10O7. The Kier molecular flexibility index (Phi) is 16.4. The van der Waals surface area contributed by atoms with Gasteiger partial charge >= 0.3 is 12.2 Å². The predicted octanol–water partition coefficient (Wildman–Crippen LogP) is 10.2. The van der Waals surface area contributed by atoms with Gasteiger partial charge in [-0.1, -0.05) is 0 Å². The molecule has 2 saturated carbocycles. The number of benzene rings is 2. The number of nitriles is 1. The minimum Gasteiger partial charge on any atom is -0.496 e. The van der Waals surface area contributed by atoms with Crippen LogP contribution in [0.15, 0.2) is 85.2 Å². The van der Waals surface area contributed by atoms with Crippen LogP contribution in [0, 0.1) is 34.6 Å². The Hall–Kier alpha value is -8.42. The van der Waals surface area contributed by atoms with Crippen LogP contribution in [0.25, 0.3) is 22.5 Å². The lowest BCUT2D eigenvalue weighted by Gasteiger charge is -2.46. The summed E-state index contributed by atoms with van der Waals surface area (Å²) in [7, 11) is 2.60. The van der Waals surface area contributed by atoms with Crippen LogP contribution < -0.4 is 25.0 Å². The number of ether oxygens (including phenoxy) is 4. The third-order valence-corrected chi connectivity index (χ3v) is 12.5. The fourth-order valence-corrected chi connectivity index (χ4v) is 8.99. The number of primary amides is 1. The maximum Gasteiger partial charge on any atom is 0.416 e. The van der Waals surface area contributed by atoms with Crippen LogP contribution in [0.4, 0.5) is 47.6 Å². The van der Waals surface area contributed by atoms with Crippen molar-refractivity contribution >= 4 is 29.7 Å². The number of rotatable bonds is 13. The molecule has 0 radical (unpaired) electrons.